The van der Waals surface area contributed by atoms with Crippen molar-refractivity contribution in [2.45, 2.75) is 6.92 Å². The van der Waals surface area contributed by atoms with Gasteiger partial charge in [0.25, 0.3) is 0 Å². The van der Waals surface area contributed by atoms with Crippen LogP contribution in [0.1, 0.15) is 5.56 Å². The Morgan fingerprint density at radius 2 is 1.62 bits per heavy atom. The minimum atomic E-state index is -1.83. The highest BCUT2D eigenvalue weighted by molar-refractivity contribution is 5.53. The van der Waals surface area contributed by atoms with Gasteiger partial charge < -0.3 is 14.9 Å². The molecular weight excluding hydrogens is 172 g/mol. The van der Waals surface area contributed by atoms with Gasteiger partial charge in [0.05, 0.1) is 7.11 Å². The Hall–Kier alpha value is -1.71. The van der Waals surface area contributed by atoms with Gasteiger partial charge in [-0.25, -0.2) is 4.79 Å². The van der Waals surface area contributed by atoms with Gasteiger partial charge in [-0.3, -0.25) is 0 Å². The topological polar surface area (TPSA) is 66.8 Å². The van der Waals surface area contributed by atoms with Crippen LogP contribution in [0.15, 0.2) is 24.3 Å². The van der Waals surface area contributed by atoms with E-state index in [0.717, 1.165) is 5.75 Å². The summed E-state index contributed by atoms with van der Waals surface area (Å²) in [5.74, 6) is 0.917. The Bertz CT molecular complexity index is 249. The Balaban J connectivity index is 0.000000310. The number of aryl methyl sites for hydroxylation is 1. The van der Waals surface area contributed by atoms with Gasteiger partial charge in [-0.1, -0.05) is 17.7 Å². The number of carboxylic acid groups (broad SMARTS) is 2. The van der Waals surface area contributed by atoms with Gasteiger partial charge >= 0.3 is 6.16 Å². The average molecular weight is 184 g/mol. The van der Waals surface area contributed by atoms with Crippen LogP contribution in [0.3, 0.4) is 0 Å². The number of methoxy groups -OCH3 is 1. The summed E-state index contributed by atoms with van der Waals surface area (Å²) in [6.45, 7) is 2.06. The van der Waals surface area contributed by atoms with E-state index in [1.165, 1.54) is 5.56 Å². The lowest BCUT2D eigenvalue weighted by Crippen LogP contribution is -1.81. The molecule has 4 heteroatoms. The molecule has 4 nitrogen and oxygen atoms in total. The molecule has 0 spiro atoms. The third kappa shape index (κ3) is 6.68. The van der Waals surface area contributed by atoms with E-state index in [1.54, 1.807) is 7.11 Å². The highest BCUT2D eigenvalue weighted by atomic mass is 16.6. The number of hydrogen-bond acceptors (Lipinski definition) is 2. The van der Waals surface area contributed by atoms with Crippen LogP contribution in [0.4, 0.5) is 4.79 Å². The lowest BCUT2D eigenvalue weighted by atomic mass is 10.2. The Morgan fingerprint density at radius 3 is 1.92 bits per heavy atom. The monoisotopic (exact) mass is 184 g/mol. The molecule has 72 valence electrons. The number of benzene rings is 1. The standard InChI is InChI=1S/C8H10O.CH2O3/c1-7-3-5-8(9-2)6-4-7;2-1(3)4/h3-6H,1-2H3;(H2,2,3,4). The first-order chi connectivity index (χ1) is 6.06. The van der Waals surface area contributed by atoms with Crippen molar-refractivity contribution in [3.63, 3.8) is 0 Å². The molecular formula is C9H12O4. The van der Waals surface area contributed by atoms with Gasteiger partial charge in [-0.15, -0.1) is 0 Å². The highest BCUT2D eigenvalue weighted by Gasteiger charge is 1.85. The summed E-state index contributed by atoms with van der Waals surface area (Å²) in [5, 5.41) is 13.9. The normalized spacial score (nSPS) is 8.15. The average Bonchev–Trinajstić information content (AvgIpc) is 2.05. The van der Waals surface area contributed by atoms with Crippen molar-refractivity contribution in [3.05, 3.63) is 29.8 Å². The van der Waals surface area contributed by atoms with Crippen LogP contribution in [0.2, 0.25) is 0 Å². The van der Waals surface area contributed by atoms with Crippen LogP contribution in [-0.4, -0.2) is 23.5 Å². The first-order valence-corrected chi connectivity index (χ1v) is 3.59. The van der Waals surface area contributed by atoms with Crippen LogP contribution in [0.25, 0.3) is 0 Å². The predicted octanol–water partition coefficient (Wildman–Crippen LogP) is 2.23. The molecule has 0 aliphatic rings. The summed E-state index contributed by atoms with van der Waals surface area (Å²) in [6, 6.07) is 7.96. The lowest BCUT2D eigenvalue weighted by Gasteiger charge is -1.97. The molecule has 0 aliphatic heterocycles. The summed E-state index contributed by atoms with van der Waals surface area (Å²) >= 11 is 0. The smallest absolute Gasteiger partial charge is 0.497 e. The second-order valence-corrected chi connectivity index (χ2v) is 2.30. The third-order valence-electron chi connectivity index (χ3n) is 1.26. The number of carbonyl (C=O) groups is 1. The van der Waals surface area contributed by atoms with Crippen molar-refractivity contribution >= 4 is 6.16 Å². The Kier molecular flexibility index (Phi) is 5.11. The van der Waals surface area contributed by atoms with Crippen LogP contribution >= 0.6 is 0 Å². The predicted molar refractivity (Wildman–Crippen MR) is 48.4 cm³/mol. The molecule has 0 fully saturated rings. The summed E-state index contributed by atoms with van der Waals surface area (Å²) in [6.07, 6.45) is -1.83. The quantitative estimate of drug-likeness (QED) is 0.702. The molecule has 0 heterocycles. The number of hydrogen-bond donors (Lipinski definition) is 2. The second-order valence-electron chi connectivity index (χ2n) is 2.30. The molecule has 0 amide bonds. The first-order valence-electron chi connectivity index (χ1n) is 3.59. The molecule has 0 atom stereocenters. The maximum atomic E-state index is 8.56. The summed E-state index contributed by atoms with van der Waals surface area (Å²) in [7, 11) is 1.67. The fourth-order valence-electron chi connectivity index (χ4n) is 0.674. The molecule has 0 radical (unpaired) electrons. The van der Waals surface area contributed by atoms with E-state index in [0.29, 0.717) is 0 Å². The van der Waals surface area contributed by atoms with E-state index in [9.17, 15) is 0 Å². The second kappa shape index (κ2) is 5.88. The van der Waals surface area contributed by atoms with E-state index >= 15 is 0 Å². The van der Waals surface area contributed by atoms with Gasteiger partial charge in [0.15, 0.2) is 0 Å². The molecule has 1 aromatic rings. The van der Waals surface area contributed by atoms with E-state index < -0.39 is 6.16 Å². The van der Waals surface area contributed by atoms with Crippen LogP contribution in [0.5, 0.6) is 5.75 Å². The summed E-state index contributed by atoms with van der Waals surface area (Å²) < 4.78 is 4.97. The maximum Gasteiger partial charge on any atom is 0.503 e. The van der Waals surface area contributed by atoms with Gasteiger partial charge in [-0.2, -0.15) is 0 Å². The van der Waals surface area contributed by atoms with Gasteiger partial charge in [0.2, 0.25) is 0 Å². The van der Waals surface area contributed by atoms with Crippen LogP contribution < -0.4 is 4.74 Å². The molecule has 0 aromatic heterocycles. The zero-order valence-corrected chi connectivity index (χ0v) is 7.52. The van der Waals surface area contributed by atoms with Crippen molar-refractivity contribution in [3.8, 4) is 5.75 Å². The molecule has 13 heavy (non-hydrogen) atoms. The summed E-state index contributed by atoms with van der Waals surface area (Å²) in [4.78, 5) is 8.56. The molecule has 1 rings (SSSR count). The van der Waals surface area contributed by atoms with Crippen molar-refractivity contribution in [1.29, 1.82) is 0 Å². The molecule has 0 saturated heterocycles. The number of rotatable bonds is 1. The van der Waals surface area contributed by atoms with Crippen molar-refractivity contribution in [1.82, 2.24) is 0 Å². The highest BCUT2D eigenvalue weighted by Crippen LogP contribution is 2.09. The van der Waals surface area contributed by atoms with Crippen molar-refractivity contribution in [2.75, 3.05) is 7.11 Å². The van der Waals surface area contributed by atoms with Gasteiger partial charge in [0.1, 0.15) is 5.75 Å². The van der Waals surface area contributed by atoms with E-state index in [-0.39, 0.29) is 0 Å². The molecule has 0 unspecified atom stereocenters. The summed E-state index contributed by atoms with van der Waals surface area (Å²) in [5.41, 5.74) is 1.26. The third-order valence-corrected chi connectivity index (χ3v) is 1.26. The Morgan fingerprint density at radius 1 is 1.23 bits per heavy atom. The SMILES string of the molecule is COc1ccc(C)cc1.O=C(O)O. The van der Waals surface area contributed by atoms with Crippen molar-refractivity contribution < 1.29 is 19.7 Å². The van der Waals surface area contributed by atoms with Crippen molar-refractivity contribution in [2.24, 2.45) is 0 Å². The minimum Gasteiger partial charge on any atom is -0.497 e. The van der Waals surface area contributed by atoms with E-state index in [4.69, 9.17) is 19.7 Å². The van der Waals surface area contributed by atoms with E-state index in [2.05, 4.69) is 6.92 Å². The first kappa shape index (κ1) is 11.3. The van der Waals surface area contributed by atoms with Crippen LogP contribution in [-0.2, 0) is 0 Å². The fourth-order valence-corrected chi connectivity index (χ4v) is 0.674. The molecule has 2 N–H and O–H groups in total. The molecule has 0 bridgehead atoms. The van der Waals surface area contributed by atoms with Gasteiger partial charge in [0, 0.05) is 0 Å². The zero-order chi connectivity index (χ0) is 10.3. The Labute approximate surface area is 76.4 Å². The van der Waals surface area contributed by atoms with E-state index in [1.807, 2.05) is 24.3 Å². The molecule has 0 saturated carbocycles. The number of ether oxygens (including phenoxy) is 1. The largest absolute Gasteiger partial charge is 0.503 e. The molecule has 0 aliphatic carbocycles. The maximum absolute atomic E-state index is 8.56. The zero-order valence-electron chi connectivity index (χ0n) is 7.52. The molecule has 1 aromatic carbocycles. The lowest BCUT2D eigenvalue weighted by molar-refractivity contribution is 0.137. The fraction of sp³-hybridized carbons (Fsp3) is 0.222. The minimum absolute atomic E-state index is 0.917. The van der Waals surface area contributed by atoms with Crippen LogP contribution in [0, 0.1) is 6.92 Å². The van der Waals surface area contributed by atoms with Gasteiger partial charge in [-0.05, 0) is 19.1 Å².